The monoisotopic (exact) mass is 258 g/mol. The van der Waals surface area contributed by atoms with Gasteiger partial charge < -0.3 is 11.1 Å². The van der Waals surface area contributed by atoms with Crippen LogP contribution in [0.5, 0.6) is 0 Å². The summed E-state index contributed by atoms with van der Waals surface area (Å²) in [5.74, 6) is 1.62. The number of fused-ring (bicyclic) bond motifs is 1. The van der Waals surface area contributed by atoms with Crippen molar-refractivity contribution in [3.05, 3.63) is 35.4 Å². The SMILES string of the molecule is CC1CCCC(NC2CC(N)c3ccccc32)C1C. The van der Waals surface area contributed by atoms with Crippen molar-refractivity contribution in [3.63, 3.8) is 0 Å². The molecule has 5 unspecified atom stereocenters. The average molecular weight is 258 g/mol. The first-order valence-electron chi connectivity index (χ1n) is 7.77. The molecule has 1 saturated carbocycles. The van der Waals surface area contributed by atoms with Crippen LogP contribution in [0.25, 0.3) is 0 Å². The molecule has 0 heterocycles. The minimum Gasteiger partial charge on any atom is -0.324 e. The zero-order chi connectivity index (χ0) is 13.4. The quantitative estimate of drug-likeness (QED) is 0.851. The number of rotatable bonds is 2. The third-order valence-electron chi connectivity index (χ3n) is 5.38. The fraction of sp³-hybridized carbons (Fsp3) is 0.647. The highest BCUT2D eigenvalue weighted by Crippen LogP contribution is 2.39. The first-order chi connectivity index (χ1) is 9.16. The standard InChI is InChI=1S/C17H26N2/c1-11-6-5-9-16(12(11)2)19-17-10-15(18)13-7-3-4-8-14(13)17/h3-4,7-8,11-12,15-17,19H,5-6,9-10,18H2,1-2H3. The van der Waals surface area contributed by atoms with Crippen molar-refractivity contribution in [2.45, 2.75) is 57.7 Å². The van der Waals surface area contributed by atoms with Crippen LogP contribution < -0.4 is 11.1 Å². The Hall–Kier alpha value is -0.860. The molecule has 0 spiro atoms. The highest BCUT2D eigenvalue weighted by Gasteiger charge is 2.33. The van der Waals surface area contributed by atoms with Gasteiger partial charge in [-0.25, -0.2) is 0 Å². The largest absolute Gasteiger partial charge is 0.324 e. The van der Waals surface area contributed by atoms with Crippen LogP contribution in [0.15, 0.2) is 24.3 Å². The predicted octanol–water partition coefficient (Wildman–Crippen LogP) is 3.55. The van der Waals surface area contributed by atoms with Crippen molar-refractivity contribution < 1.29 is 0 Å². The van der Waals surface area contributed by atoms with Gasteiger partial charge in [-0.3, -0.25) is 0 Å². The maximum absolute atomic E-state index is 6.26. The molecule has 2 heteroatoms. The molecule has 1 aromatic rings. The van der Waals surface area contributed by atoms with Crippen LogP contribution in [-0.4, -0.2) is 6.04 Å². The Morgan fingerprint density at radius 3 is 2.63 bits per heavy atom. The van der Waals surface area contributed by atoms with Crippen LogP contribution >= 0.6 is 0 Å². The van der Waals surface area contributed by atoms with E-state index in [1.54, 1.807) is 0 Å². The summed E-state index contributed by atoms with van der Waals surface area (Å²) in [5, 5.41) is 3.90. The third-order valence-corrected chi connectivity index (χ3v) is 5.38. The molecule has 0 bridgehead atoms. The van der Waals surface area contributed by atoms with Gasteiger partial charge in [0.15, 0.2) is 0 Å². The van der Waals surface area contributed by atoms with Crippen molar-refractivity contribution in [1.82, 2.24) is 5.32 Å². The molecule has 2 aliphatic rings. The van der Waals surface area contributed by atoms with Crippen molar-refractivity contribution in [2.24, 2.45) is 17.6 Å². The summed E-state index contributed by atoms with van der Waals surface area (Å²) in [6.45, 7) is 4.80. The number of benzene rings is 1. The number of nitrogens with one attached hydrogen (secondary N) is 1. The van der Waals surface area contributed by atoms with Gasteiger partial charge in [-0.05, 0) is 35.8 Å². The van der Waals surface area contributed by atoms with Gasteiger partial charge in [0.1, 0.15) is 0 Å². The number of hydrogen-bond donors (Lipinski definition) is 2. The van der Waals surface area contributed by atoms with Crippen LogP contribution in [0.2, 0.25) is 0 Å². The molecule has 0 aliphatic heterocycles. The summed E-state index contributed by atoms with van der Waals surface area (Å²) in [6, 6.07) is 10.0. The van der Waals surface area contributed by atoms with E-state index in [2.05, 4.69) is 43.4 Å². The molecular weight excluding hydrogens is 232 g/mol. The second-order valence-electron chi connectivity index (χ2n) is 6.56. The molecule has 3 rings (SSSR count). The fourth-order valence-electron chi connectivity index (χ4n) is 3.91. The van der Waals surface area contributed by atoms with E-state index in [-0.39, 0.29) is 6.04 Å². The second kappa shape index (κ2) is 5.26. The van der Waals surface area contributed by atoms with E-state index in [1.165, 1.54) is 30.4 Å². The molecule has 1 fully saturated rings. The first-order valence-corrected chi connectivity index (χ1v) is 7.77. The Balaban J connectivity index is 1.74. The minimum atomic E-state index is 0.213. The zero-order valence-electron chi connectivity index (χ0n) is 12.1. The van der Waals surface area contributed by atoms with Gasteiger partial charge >= 0.3 is 0 Å². The summed E-state index contributed by atoms with van der Waals surface area (Å²) in [6.07, 6.45) is 5.13. The molecule has 2 nitrogen and oxygen atoms in total. The molecular formula is C17H26N2. The van der Waals surface area contributed by atoms with E-state index in [9.17, 15) is 0 Å². The lowest BCUT2D eigenvalue weighted by Gasteiger charge is -2.36. The molecule has 5 atom stereocenters. The first kappa shape index (κ1) is 13.1. The van der Waals surface area contributed by atoms with Gasteiger partial charge in [-0.15, -0.1) is 0 Å². The number of nitrogens with two attached hydrogens (primary N) is 1. The summed E-state index contributed by atoms with van der Waals surface area (Å²) in [7, 11) is 0. The van der Waals surface area contributed by atoms with Crippen LogP contribution in [0.3, 0.4) is 0 Å². The number of hydrogen-bond acceptors (Lipinski definition) is 2. The molecule has 0 amide bonds. The van der Waals surface area contributed by atoms with Gasteiger partial charge in [0.25, 0.3) is 0 Å². The molecule has 3 N–H and O–H groups in total. The maximum Gasteiger partial charge on any atom is 0.0344 e. The van der Waals surface area contributed by atoms with Crippen molar-refractivity contribution >= 4 is 0 Å². The maximum atomic E-state index is 6.26. The van der Waals surface area contributed by atoms with Crippen molar-refractivity contribution in [3.8, 4) is 0 Å². The van der Waals surface area contributed by atoms with Gasteiger partial charge in [0.2, 0.25) is 0 Å². The van der Waals surface area contributed by atoms with E-state index in [4.69, 9.17) is 5.73 Å². The Labute approximate surface area is 116 Å². The molecule has 0 aromatic heterocycles. The van der Waals surface area contributed by atoms with Crippen molar-refractivity contribution in [2.75, 3.05) is 0 Å². The zero-order valence-corrected chi connectivity index (χ0v) is 12.1. The summed E-state index contributed by atoms with van der Waals surface area (Å²) in [4.78, 5) is 0. The van der Waals surface area contributed by atoms with E-state index in [0.29, 0.717) is 12.1 Å². The van der Waals surface area contributed by atoms with Gasteiger partial charge in [0.05, 0.1) is 0 Å². The highest BCUT2D eigenvalue weighted by atomic mass is 15.0. The van der Waals surface area contributed by atoms with Crippen LogP contribution in [0.1, 0.15) is 62.7 Å². The molecule has 19 heavy (non-hydrogen) atoms. The summed E-state index contributed by atoms with van der Waals surface area (Å²) >= 11 is 0. The van der Waals surface area contributed by atoms with Gasteiger partial charge in [-0.2, -0.15) is 0 Å². The van der Waals surface area contributed by atoms with E-state index < -0.39 is 0 Å². The molecule has 0 radical (unpaired) electrons. The summed E-state index contributed by atoms with van der Waals surface area (Å²) < 4.78 is 0. The third kappa shape index (κ3) is 2.44. The Kier molecular flexibility index (Phi) is 3.64. The Bertz CT molecular complexity index is 443. The van der Waals surface area contributed by atoms with Crippen molar-refractivity contribution in [1.29, 1.82) is 0 Å². The average Bonchev–Trinajstić information content (AvgIpc) is 2.73. The molecule has 1 aromatic carbocycles. The van der Waals surface area contributed by atoms with E-state index in [0.717, 1.165) is 18.3 Å². The normalized spacial score (nSPS) is 38.2. The topological polar surface area (TPSA) is 38.0 Å². The minimum absolute atomic E-state index is 0.213. The highest BCUT2D eigenvalue weighted by molar-refractivity contribution is 5.37. The van der Waals surface area contributed by atoms with Gasteiger partial charge in [0, 0.05) is 18.1 Å². The second-order valence-corrected chi connectivity index (χ2v) is 6.56. The molecule has 104 valence electrons. The lowest BCUT2D eigenvalue weighted by Crippen LogP contribution is -2.42. The fourth-order valence-corrected chi connectivity index (χ4v) is 3.91. The summed E-state index contributed by atoms with van der Waals surface area (Å²) in [5.41, 5.74) is 9.04. The smallest absolute Gasteiger partial charge is 0.0344 e. The van der Waals surface area contributed by atoms with Crippen LogP contribution in [0, 0.1) is 11.8 Å². The van der Waals surface area contributed by atoms with Crippen LogP contribution in [-0.2, 0) is 0 Å². The predicted molar refractivity (Wildman–Crippen MR) is 79.8 cm³/mol. The molecule has 0 saturated heterocycles. The van der Waals surface area contributed by atoms with Gasteiger partial charge in [-0.1, -0.05) is 51.0 Å². The van der Waals surface area contributed by atoms with E-state index in [1.807, 2.05) is 0 Å². The lowest BCUT2D eigenvalue weighted by atomic mass is 9.77. The Morgan fingerprint density at radius 1 is 1.11 bits per heavy atom. The van der Waals surface area contributed by atoms with E-state index >= 15 is 0 Å². The lowest BCUT2D eigenvalue weighted by molar-refractivity contribution is 0.192. The molecule has 2 aliphatic carbocycles. The van der Waals surface area contributed by atoms with Crippen LogP contribution in [0.4, 0.5) is 0 Å². The Morgan fingerprint density at radius 2 is 1.84 bits per heavy atom.